The molecule has 0 saturated carbocycles. The number of hydrogen-bond acceptors (Lipinski definition) is 3. The zero-order chi connectivity index (χ0) is 16.6. The van der Waals surface area contributed by atoms with Gasteiger partial charge in [-0.1, -0.05) is 48.5 Å². The van der Waals surface area contributed by atoms with Crippen LogP contribution < -0.4 is 4.74 Å². The maximum absolute atomic E-state index is 12.2. The van der Waals surface area contributed by atoms with E-state index in [9.17, 15) is 4.79 Å². The topological polar surface area (TPSA) is 38.8 Å². The number of para-hydroxylation sites is 1. The number of likely N-dealkylation sites (tertiary alicyclic amines) is 1. The Morgan fingerprint density at radius 1 is 1.21 bits per heavy atom. The Balaban J connectivity index is 1.74. The van der Waals surface area contributed by atoms with Crippen molar-refractivity contribution < 1.29 is 14.3 Å². The highest BCUT2D eigenvalue weighted by atomic mass is 16.6. The van der Waals surface area contributed by atoms with E-state index >= 15 is 0 Å². The van der Waals surface area contributed by atoms with Crippen LogP contribution in [0.3, 0.4) is 0 Å². The number of fused-ring (bicyclic) bond motifs is 3. The number of benzene rings is 2. The lowest BCUT2D eigenvalue weighted by Gasteiger charge is -2.43. The van der Waals surface area contributed by atoms with Crippen LogP contribution in [0.1, 0.15) is 30.4 Å². The highest BCUT2D eigenvalue weighted by Crippen LogP contribution is 2.54. The predicted octanol–water partition coefficient (Wildman–Crippen LogP) is 3.92. The summed E-state index contributed by atoms with van der Waals surface area (Å²) in [6.07, 6.45) is 0.526. The van der Waals surface area contributed by atoms with Gasteiger partial charge in [-0.2, -0.15) is 0 Å². The minimum absolute atomic E-state index is 0.120. The van der Waals surface area contributed by atoms with E-state index in [1.165, 1.54) is 11.1 Å². The van der Waals surface area contributed by atoms with Gasteiger partial charge in [0.15, 0.2) is 0 Å². The van der Waals surface area contributed by atoms with Gasteiger partial charge >= 0.3 is 6.09 Å². The quantitative estimate of drug-likeness (QED) is 0.841. The zero-order valence-electron chi connectivity index (χ0n) is 13.8. The first kappa shape index (κ1) is 15.1. The zero-order valence-corrected chi connectivity index (χ0v) is 13.8. The van der Waals surface area contributed by atoms with Crippen molar-refractivity contribution in [3.05, 3.63) is 65.7 Å². The Hall–Kier alpha value is -2.49. The van der Waals surface area contributed by atoms with Crippen LogP contribution in [0, 0.1) is 0 Å². The molecule has 1 amide bonds. The van der Waals surface area contributed by atoms with E-state index in [4.69, 9.17) is 9.47 Å². The molecule has 4 rings (SSSR count). The molecule has 4 heteroatoms. The smallest absolute Gasteiger partial charge is 0.409 e. The van der Waals surface area contributed by atoms with Gasteiger partial charge in [0, 0.05) is 31.0 Å². The maximum Gasteiger partial charge on any atom is 0.409 e. The highest BCUT2D eigenvalue weighted by Gasteiger charge is 2.53. The average molecular weight is 323 g/mol. The SMILES string of the molecule is CCOC(=O)N1CCC2(c3ccccc3)Oc3ccccc3C2C1. The van der Waals surface area contributed by atoms with Crippen molar-refractivity contribution in [1.29, 1.82) is 0 Å². The lowest BCUT2D eigenvalue weighted by atomic mass is 9.74. The molecule has 0 bridgehead atoms. The first-order valence-electron chi connectivity index (χ1n) is 8.50. The van der Waals surface area contributed by atoms with Crippen LogP contribution in [-0.4, -0.2) is 30.7 Å². The maximum atomic E-state index is 12.2. The van der Waals surface area contributed by atoms with Crippen molar-refractivity contribution in [2.45, 2.75) is 24.9 Å². The van der Waals surface area contributed by atoms with Gasteiger partial charge in [0.25, 0.3) is 0 Å². The van der Waals surface area contributed by atoms with Crippen molar-refractivity contribution in [2.24, 2.45) is 0 Å². The van der Waals surface area contributed by atoms with Gasteiger partial charge in [0.2, 0.25) is 0 Å². The van der Waals surface area contributed by atoms with E-state index < -0.39 is 5.60 Å². The molecule has 2 aromatic carbocycles. The molecule has 0 aliphatic carbocycles. The third kappa shape index (κ3) is 2.25. The third-order valence-electron chi connectivity index (χ3n) is 5.09. The van der Waals surface area contributed by atoms with Gasteiger partial charge in [0.1, 0.15) is 11.4 Å². The van der Waals surface area contributed by atoms with E-state index in [0.717, 1.165) is 12.2 Å². The molecule has 0 radical (unpaired) electrons. The number of piperidine rings is 1. The first-order chi connectivity index (χ1) is 11.7. The van der Waals surface area contributed by atoms with E-state index in [1.807, 2.05) is 43.3 Å². The van der Waals surface area contributed by atoms with E-state index in [-0.39, 0.29) is 12.0 Å². The molecule has 2 aliphatic heterocycles. The summed E-state index contributed by atoms with van der Waals surface area (Å²) in [5.41, 5.74) is 1.96. The Bertz CT molecular complexity index is 746. The predicted molar refractivity (Wildman–Crippen MR) is 91.1 cm³/mol. The normalized spacial score (nSPS) is 24.7. The minimum atomic E-state index is -0.395. The summed E-state index contributed by atoms with van der Waals surface area (Å²) in [5, 5.41) is 0. The number of carbonyl (C=O) groups is 1. The van der Waals surface area contributed by atoms with Crippen LogP contribution >= 0.6 is 0 Å². The largest absolute Gasteiger partial charge is 0.481 e. The third-order valence-corrected chi connectivity index (χ3v) is 5.09. The van der Waals surface area contributed by atoms with Gasteiger partial charge in [-0.05, 0) is 18.6 Å². The summed E-state index contributed by atoms with van der Waals surface area (Å²) in [4.78, 5) is 14.0. The van der Waals surface area contributed by atoms with Crippen LogP contribution in [0.2, 0.25) is 0 Å². The Morgan fingerprint density at radius 3 is 2.75 bits per heavy atom. The van der Waals surface area contributed by atoms with Crippen LogP contribution in [-0.2, 0) is 10.3 Å². The molecular formula is C20H21NO3. The van der Waals surface area contributed by atoms with Crippen molar-refractivity contribution in [3.63, 3.8) is 0 Å². The lowest BCUT2D eigenvalue weighted by molar-refractivity contribution is -0.000977. The number of carbonyl (C=O) groups excluding carboxylic acids is 1. The van der Waals surface area contributed by atoms with E-state index in [2.05, 4.69) is 18.2 Å². The molecule has 2 aromatic rings. The van der Waals surface area contributed by atoms with Crippen molar-refractivity contribution >= 4 is 6.09 Å². The summed E-state index contributed by atoms with van der Waals surface area (Å²) in [7, 11) is 0. The molecule has 2 heterocycles. The van der Waals surface area contributed by atoms with Gasteiger partial charge in [-0.15, -0.1) is 0 Å². The number of nitrogens with zero attached hydrogens (tertiary/aromatic N) is 1. The van der Waals surface area contributed by atoms with Crippen molar-refractivity contribution in [3.8, 4) is 5.75 Å². The average Bonchev–Trinajstić information content (AvgIpc) is 2.97. The molecule has 24 heavy (non-hydrogen) atoms. The molecular weight excluding hydrogens is 302 g/mol. The fourth-order valence-corrected chi connectivity index (χ4v) is 3.97. The van der Waals surface area contributed by atoms with Gasteiger partial charge in [-0.3, -0.25) is 0 Å². The number of hydrogen-bond donors (Lipinski definition) is 0. The summed E-state index contributed by atoms with van der Waals surface area (Å²) >= 11 is 0. The second-order valence-corrected chi connectivity index (χ2v) is 6.34. The molecule has 124 valence electrons. The molecule has 0 aromatic heterocycles. The Kier molecular flexibility index (Phi) is 3.68. The van der Waals surface area contributed by atoms with Crippen LogP contribution in [0.25, 0.3) is 0 Å². The standard InChI is InChI=1S/C20H21NO3/c1-2-23-19(22)21-13-12-20(15-8-4-3-5-9-15)17(14-21)16-10-6-7-11-18(16)24-20/h3-11,17H,2,12-14H2,1H3. The van der Waals surface area contributed by atoms with Gasteiger partial charge in [0.05, 0.1) is 6.61 Å². The minimum Gasteiger partial charge on any atom is -0.481 e. The Labute approximate surface area is 142 Å². The molecule has 2 atom stereocenters. The fraction of sp³-hybridized carbons (Fsp3) is 0.350. The Morgan fingerprint density at radius 2 is 1.96 bits per heavy atom. The molecule has 1 saturated heterocycles. The van der Waals surface area contributed by atoms with Crippen LogP contribution in [0.5, 0.6) is 5.75 Å². The molecule has 2 aliphatic rings. The van der Waals surface area contributed by atoms with Crippen molar-refractivity contribution in [2.75, 3.05) is 19.7 Å². The van der Waals surface area contributed by atoms with Crippen molar-refractivity contribution in [1.82, 2.24) is 4.90 Å². The van der Waals surface area contributed by atoms with Gasteiger partial charge < -0.3 is 14.4 Å². The molecule has 2 unspecified atom stereocenters. The van der Waals surface area contributed by atoms with Gasteiger partial charge in [-0.25, -0.2) is 4.79 Å². The second-order valence-electron chi connectivity index (χ2n) is 6.34. The molecule has 4 nitrogen and oxygen atoms in total. The number of amides is 1. The summed E-state index contributed by atoms with van der Waals surface area (Å²) in [5.74, 6) is 1.05. The second kappa shape index (κ2) is 5.86. The molecule has 0 N–H and O–H groups in total. The lowest BCUT2D eigenvalue weighted by Crippen LogP contribution is -2.50. The number of rotatable bonds is 2. The van der Waals surface area contributed by atoms with E-state index in [0.29, 0.717) is 19.7 Å². The van der Waals surface area contributed by atoms with Crippen LogP contribution in [0.4, 0.5) is 4.79 Å². The number of ether oxygens (including phenoxy) is 2. The summed E-state index contributed by atoms with van der Waals surface area (Å²) in [6.45, 7) is 3.49. The monoisotopic (exact) mass is 323 g/mol. The van der Waals surface area contributed by atoms with E-state index in [1.54, 1.807) is 4.90 Å². The molecule has 0 spiro atoms. The highest BCUT2D eigenvalue weighted by molar-refractivity contribution is 5.68. The fourth-order valence-electron chi connectivity index (χ4n) is 3.97. The molecule has 1 fully saturated rings. The first-order valence-corrected chi connectivity index (χ1v) is 8.50. The summed E-state index contributed by atoms with van der Waals surface area (Å²) < 4.78 is 11.7. The van der Waals surface area contributed by atoms with Crippen LogP contribution in [0.15, 0.2) is 54.6 Å². The summed E-state index contributed by atoms with van der Waals surface area (Å²) in [6, 6.07) is 18.5.